The third kappa shape index (κ3) is 4.57. The lowest BCUT2D eigenvalue weighted by Crippen LogP contribution is -2.44. The Kier molecular flexibility index (Phi) is 5.47. The van der Waals surface area contributed by atoms with E-state index in [2.05, 4.69) is 0 Å². The summed E-state index contributed by atoms with van der Waals surface area (Å²) in [5.74, 6) is -3.26. The summed E-state index contributed by atoms with van der Waals surface area (Å²) in [4.78, 5) is 37.5. The monoisotopic (exact) mass is 349 g/mol. The van der Waals surface area contributed by atoms with Crippen molar-refractivity contribution in [1.29, 1.82) is 0 Å². The van der Waals surface area contributed by atoms with Crippen LogP contribution in [0.4, 0.5) is 0 Å². The molecule has 136 valence electrons. The molecule has 0 aromatic heterocycles. The number of esters is 1. The third-order valence-corrected chi connectivity index (χ3v) is 3.98. The van der Waals surface area contributed by atoms with E-state index in [4.69, 9.17) is 4.74 Å². The number of carbonyl (C=O) groups is 3. The molecule has 1 heterocycles. The van der Waals surface area contributed by atoms with Crippen LogP contribution < -0.4 is 0 Å². The highest BCUT2D eigenvalue weighted by Crippen LogP contribution is 2.30. The van der Waals surface area contributed by atoms with E-state index in [1.165, 1.54) is 0 Å². The van der Waals surface area contributed by atoms with E-state index in [0.717, 1.165) is 4.90 Å². The predicted molar refractivity (Wildman–Crippen MR) is 88.9 cm³/mol. The zero-order valence-corrected chi connectivity index (χ0v) is 14.5. The number of carboxylic acid groups (broad SMARTS) is 1. The van der Waals surface area contributed by atoms with Crippen molar-refractivity contribution in [2.24, 2.45) is 5.92 Å². The van der Waals surface area contributed by atoms with E-state index in [9.17, 15) is 24.6 Å². The van der Waals surface area contributed by atoms with Crippen molar-refractivity contribution in [3.05, 3.63) is 35.9 Å². The maximum Gasteiger partial charge on any atom is 0.326 e. The second kappa shape index (κ2) is 7.23. The second-order valence-corrected chi connectivity index (χ2v) is 7.13. The molecule has 0 radical (unpaired) electrons. The first-order chi connectivity index (χ1) is 11.6. The van der Waals surface area contributed by atoms with Gasteiger partial charge < -0.3 is 19.8 Å². The number of aliphatic hydroxyl groups is 1. The van der Waals surface area contributed by atoms with Gasteiger partial charge in [0.15, 0.2) is 0 Å². The summed E-state index contributed by atoms with van der Waals surface area (Å²) in [6.07, 6.45) is -1.38. The molecule has 7 nitrogen and oxygen atoms in total. The molecule has 1 amide bonds. The number of β-amino-alcohol motifs (C(OH)–C–C–N with tert-alkyl or cyclic N) is 1. The number of ether oxygens (including phenoxy) is 1. The number of hydrogen-bond acceptors (Lipinski definition) is 5. The van der Waals surface area contributed by atoms with Gasteiger partial charge in [0.25, 0.3) is 5.91 Å². The van der Waals surface area contributed by atoms with E-state index < -0.39 is 41.5 Å². The van der Waals surface area contributed by atoms with Crippen LogP contribution in [-0.4, -0.2) is 57.3 Å². The summed E-state index contributed by atoms with van der Waals surface area (Å²) in [6.45, 7) is 4.97. The molecule has 1 aliphatic heterocycles. The molecule has 0 aliphatic carbocycles. The molecule has 0 bridgehead atoms. The number of carboxylic acids is 1. The van der Waals surface area contributed by atoms with Crippen LogP contribution >= 0.6 is 0 Å². The molecular formula is C18H23NO6. The molecule has 1 aliphatic rings. The van der Waals surface area contributed by atoms with Gasteiger partial charge in [-0.15, -0.1) is 0 Å². The minimum Gasteiger partial charge on any atom is -0.480 e. The van der Waals surface area contributed by atoms with Gasteiger partial charge in [0, 0.05) is 18.0 Å². The van der Waals surface area contributed by atoms with Crippen LogP contribution in [0.2, 0.25) is 0 Å². The first-order valence-corrected chi connectivity index (χ1v) is 8.09. The van der Waals surface area contributed by atoms with Crippen LogP contribution in [-0.2, 0) is 14.3 Å². The smallest absolute Gasteiger partial charge is 0.326 e. The normalized spacial score (nSPS) is 23.4. The molecule has 1 saturated heterocycles. The quantitative estimate of drug-likeness (QED) is 0.794. The molecule has 1 aromatic rings. The molecule has 0 spiro atoms. The Morgan fingerprint density at radius 1 is 1.20 bits per heavy atom. The van der Waals surface area contributed by atoms with Crippen LogP contribution in [0, 0.1) is 5.92 Å². The summed E-state index contributed by atoms with van der Waals surface area (Å²) >= 11 is 0. The van der Waals surface area contributed by atoms with E-state index in [-0.39, 0.29) is 13.0 Å². The molecular weight excluding hydrogens is 326 g/mol. The highest BCUT2D eigenvalue weighted by molar-refractivity contribution is 5.97. The van der Waals surface area contributed by atoms with Crippen LogP contribution in [0.1, 0.15) is 37.6 Å². The topological polar surface area (TPSA) is 104 Å². The number of benzene rings is 1. The molecule has 25 heavy (non-hydrogen) atoms. The number of amides is 1. The first kappa shape index (κ1) is 18.9. The van der Waals surface area contributed by atoms with Gasteiger partial charge in [0.05, 0.1) is 12.5 Å². The SMILES string of the molecule is CC(C)(C)OC(=O)C[C@@H]1[C@@H](C(=O)O)N(C(=O)c2ccccc2)C[C@@H]1O. The van der Waals surface area contributed by atoms with Gasteiger partial charge in [-0.3, -0.25) is 9.59 Å². The lowest BCUT2D eigenvalue weighted by Gasteiger charge is -2.25. The van der Waals surface area contributed by atoms with Crippen molar-refractivity contribution in [2.75, 3.05) is 6.54 Å². The standard InChI is InChI=1S/C18H23NO6/c1-18(2,3)25-14(21)9-12-13(20)10-19(15(12)17(23)24)16(22)11-7-5-4-6-8-11/h4-8,12-13,15,20H,9-10H2,1-3H3,(H,23,24)/t12-,13-,15-/m0/s1. The molecule has 2 N–H and O–H groups in total. The Morgan fingerprint density at radius 2 is 1.80 bits per heavy atom. The number of likely N-dealkylation sites (tertiary alicyclic amines) is 1. The maximum atomic E-state index is 12.6. The molecule has 3 atom stereocenters. The van der Waals surface area contributed by atoms with Crippen LogP contribution in [0.25, 0.3) is 0 Å². The highest BCUT2D eigenvalue weighted by Gasteiger charge is 2.48. The third-order valence-electron chi connectivity index (χ3n) is 3.98. The lowest BCUT2D eigenvalue weighted by molar-refractivity contribution is -0.157. The number of aliphatic hydroxyl groups excluding tert-OH is 1. The largest absolute Gasteiger partial charge is 0.480 e. The van der Waals surface area contributed by atoms with Crippen molar-refractivity contribution >= 4 is 17.8 Å². The molecule has 1 aromatic carbocycles. The zero-order chi connectivity index (χ0) is 18.8. The molecule has 0 unspecified atom stereocenters. The number of rotatable bonds is 4. The van der Waals surface area contributed by atoms with Crippen LogP contribution in [0.3, 0.4) is 0 Å². The summed E-state index contributed by atoms with van der Waals surface area (Å²) < 4.78 is 5.21. The predicted octanol–water partition coefficient (Wildman–Crippen LogP) is 1.30. The Labute approximate surface area is 146 Å². The van der Waals surface area contributed by atoms with Gasteiger partial charge in [-0.05, 0) is 32.9 Å². The summed E-state index contributed by atoms with van der Waals surface area (Å²) in [7, 11) is 0. The maximum absolute atomic E-state index is 12.6. The minimum absolute atomic E-state index is 0.141. The molecule has 0 saturated carbocycles. The summed E-state index contributed by atoms with van der Waals surface area (Å²) in [5.41, 5.74) is -0.377. The van der Waals surface area contributed by atoms with Crippen LogP contribution in [0.15, 0.2) is 30.3 Å². The zero-order valence-electron chi connectivity index (χ0n) is 14.5. The molecule has 2 rings (SSSR count). The van der Waals surface area contributed by atoms with Crippen molar-refractivity contribution < 1.29 is 29.3 Å². The number of carbonyl (C=O) groups excluding carboxylic acids is 2. The fraction of sp³-hybridized carbons (Fsp3) is 0.500. The van der Waals surface area contributed by atoms with Gasteiger partial charge in [-0.1, -0.05) is 18.2 Å². The average molecular weight is 349 g/mol. The molecule has 1 fully saturated rings. The van der Waals surface area contributed by atoms with Gasteiger partial charge >= 0.3 is 11.9 Å². The molecule has 7 heteroatoms. The summed E-state index contributed by atoms with van der Waals surface area (Å²) in [6, 6.07) is 6.97. The van der Waals surface area contributed by atoms with Gasteiger partial charge in [0.1, 0.15) is 11.6 Å². The fourth-order valence-electron chi connectivity index (χ4n) is 2.99. The number of hydrogen-bond donors (Lipinski definition) is 2. The Balaban J connectivity index is 2.20. The van der Waals surface area contributed by atoms with E-state index in [1.54, 1.807) is 51.1 Å². The number of aliphatic carboxylic acids is 1. The van der Waals surface area contributed by atoms with Gasteiger partial charge in [-0.25, -0.2) is 4.79 Å². The van der Waals surface area contributed by atoms with Crippen molar-refractivity contribution in [3.63, 3.8) is 0 Å². The van der Waals surface area contributed by atoms with Crippen molar-refractivity contribution in [1.82, 2.24) is 4.90 Å². The Morgan fingerprint density at radius 3 is 2.32 bits per heavy atom. The summed E-state index contributed by atoms with van der Waals surface area (Å²) in [5, 5.41) is 19.8. The number of nitrogens with zero attached hydrogens (tertiary/aromatic N) is 1. The Hall–Kier alpha value is -2.41. The van der Waals surface area contributed by atoms with E-state index in [0.29, 0.717) is 5.56 Å². The van der Waals surface area contributed by atoms with Gasteiger partial charge in [0.2, 0.25) is 0 Å². The van der Waals surface area contributed by atoms with Crippen molar-refractivity contribution in [2.45, 2.75) is 44.9 Å². The van der Waals surface area contributed by atoms with E-state index in [1.807, 2.05) is 0 Å². The lowest BCUT2D eigenvalue weighted by atomic mass is 9.94. The fourth-order valence-corrected chi connectivity index (χ4v) is 2.99. The van der Waals surface area contributed by atoms with Crippen molar-refractivity contribution in [3.8, 4) is 0 Å². The van der Waals surface area contributed by atoms with Gasteiger partial charge in [-0.2, -0.15) is 0 Å². The van der Waals surface area contributed by atoms with Crippen LogP contribution in [0.5, 0.6) is 0 Å². The van der Waals surface area contributed by atoms with E-state index >= 15 is 0 Å². The second-order valence-electron chi connectivity index (χ2n) is 7.13. The minimum atomic E-state index is -1.28. The highest BCUT2D eigenvalue weighted by atomic mass is 16.6. The Bertz CT molecular complexity index is 651. The average Bonchev–Trinajstić information content (AvgIpc) is 2.82. The first-order valence-electron chi connectivity index (χ1n) is 8.09.